The van der Waals surface area contributed by atoms with Gasteiger partial charge in [0.1, 0.15) is 18.4 Å². The first-order valence-electron chi connectivity index (χ1n) is 7.21. The molecule has 108 valence electrons. The number of hydrogen-bond donors (Lipinski definition) is 1. The Hall–Kier alpha value is -1.66. The maximum atomic E-state index is 5.40. The summed E-state index contributed by atoms with van der Waals surface area (Å²) in [6, 6.07) is 4.61. The molecule has 1 saturated heterocycles. The van der Waals surface area contributed by atoms with Crippen molar-refractivity contribution in [1.82, 2.24) is 25.0 Å². The minimum Gasteiger partial charge on any atom is -0.468 e. The SMILES string of the molecule is c1coc(CN2CCC(NCCn3cncn3)CC2)c1. The quantitative estimate of drug-likeness (QED) is 0.856. The average Bonchev–Trinajstić information content (AvgIpc) is 3.14. The molecule has 0 unspecified atom stereocenters. The van der Waals surface area contributed by atoms with Gasteiger partial charge in [-0.15, -0.1) is 0 Å². The van der Waals surface area contributed by atoms with Crippen LogP contribution in [-0.2, 0) is 13.1 Å². The first-order chi connectivity index (χ1) is 9.90. The lowest BCUT2D eigenvalue weighted by molar-refractivity contribution is 0.178. The van der Waals surface area contributed by atoms with Crippen LogP contribution >= 0.6 is 0 Å². The standard InChI is InChI=1S/C14H21N5O/c1-2-14(20-9-1)10-18-6-3-13(4-7-18)16-5-8-19-12-15-11-17-19/h1-2,9,11-13,16H,3-8,10H2. The van der Waals surface area contributed by atoms with Gasteiger partial charge in [0, 0.05) is 25.7 Å². The first kappa shape index (κ1) is 13.3. The molecule has 2 aromatic heterocycles. The van der Waals surface area contributed by atoms with Gasteiger partial charge in [0.2, 0.25) is 0 Å². The Bertz CT molecular complexity index is 474. The summed E-state index contributed by atoms with van der Waals surface area (Å²) >= 11 is 0. The highest BCUT2D eigenvalue weighted by molar-refractivity contribution is 4.98. The molecule has 0 saturated carbocycles. The van der Waals surface area contributed by atoms with Crippen LogP contribution in [-0.4, -0.2) is 45.3 Å². The molecule has 6 nitrogen and oxygen atoms in total. The van der Waals surface area contributed by atoms with E-state index in [1.165, 1.54) is 12.8 Å². The Morgan fingerprint density at radius 1 is 1.35 bits per heavy atom. The fourth-order valence-electron chi connectivity index (χ4n) is 2.65. The highest BCUT2D eigenvalue weighted by Crippen LogP contribution is 2.13. The Labute approximate surface area is 118 Å². The van der Waals surface area contributed by atoms with Gasteiger partial charge >= 0.3 is 0 Å². The molecule has 1 aliphatic heterocycles. The fraction of sp³-hybridized carbons (Fsp3) is 0.571. The summed E-state index contributed by atoms with van der Waals surface area (Å²) < 4.78 is 7.26. The Morgan fingerprint density at radius 2 is 2.25 bits per heavy atom. The lowest BCUT2D eigenvalue weighted by atomic mass is 10.1. The van der Waals surface area contributed by atoms with Crippen molar-refractivity contribution in [2.45, 2.75) is 32.0 Å². The number of nitrogens with zero attached hydrogens (tertiary/aromatic N) is 4. The van der Waals surface area contributed by atoms with Crippen molar-refractivity contribution >= 4 is 0 Å². The van der Waals surface area contributed by atoms with E-state index in [2.05, 4.69) is 20.3 Å². The summed E-state index contributed by atoms with van der Waals surface area (Å²) in [5, 5.41) is 7.70. The van der Waals surface area contributed by atoms with Gasteiger partial charge < -0.3 is 9.73 Å². The molecule has 20 heavy (non-hydrogen) atoms. The third-order valence-electron chi connectivity index (χ3n) is 3.79. The van der Waals surface area contributed by atoms with Gasteiger partial charge in [-0.1, -0.05) is 0 Å². The predicted molar refractivity (Wildman–Crippen MR) is 75.0 cm³/mol. The van der Waals surface area contributed by atoms with Crippen LogP contribution in [0.3, 0.4) is 0 Å². The second-order valence-electron chi connectivity index (χ2n) is 5.24. The number of likely N-dealkylation sites (tertiary alicyclic amines) is 1. The summed E-state index contributed by atoms with van der Waals surface area (Å²) in [6.07, 6.45) is 7.46. The average molecular weight is 275 g/mol. The molecule has 1 aliphatic rings. The lowest BCUT2D eigenvalue weighted by Crippen LogP contribution is -2.43. The van der Waals surface area contributed by atoms with Gasteiger partial charge in [0.05, 0.1) is 19.4 Å². The number of hydrogen-bond acceptors (Lipinski definition) is 5. The largest absolute Gasteiger partial charge is 0.468 e. The van der Waals surface area contributed by atoms with Crippen molar-refractivity contribution in [3.8, 4) is 0 Å². The van der Waals surface area contributed by atoms with E-state index in [-0.39, 0.29) is 0 Å². The summed E-state index contributed by atoms with van der Waals surface area (Å²) in [5.41, 5.74) is 0. The molecule has 0 aromatic carbocycles. The van der Waals surface area contributed by atoms with Crippen LogP contribution in [0.5, 0.6) is 0 Å². The van der Waals surface area contributed by atoms with E-state index in [1.54, 1.807) is 18.9 Å². The van der Waals surface area contributed by atoms with Gasteiger partial charge in [0.15, 0.2) is 0 Å². The van der Waals surface area contributed by atoms with E-state index >= 15 is 0 Å². The molecule has 3 heterocycles. The minimum absolute atomic E-state index is 0.617. The Balaban J connectivity index is 1.34. The molecule has 0 spiro atoms. The van der Waals surface area contributed by atoms with E-state index < -0.39 is 0 Å². The van der Waals surface area contributed by atoms with E-state index in [0.29, 0.717) is 6.04 Å². The summed E-state index contributed by atoms with van der Waals surface area (Å²) in [4.78, 5) is 6.39. The molecule has 1 fully saturated rings. The van der Waals surface area contributed by atoms with Crippen LogP contribution in [0.4, 0.5) is 0 Å². The maximum absolute atomic E-state index is 5.40. The summed E-state index contributed by atoms with van der Waals surface area (Å²) in [5.74, 6) is 1.06. The third kappa shape index (κ3) is 3.68. The van der Waals surface area contributed by atoms with Crippen LogP contribution in [0.1, 0.15) is 18.6 Å². The zero-order valence-corrected chi connectivity index (χ0v) is 11.6. The van der Waals surface area contributed by atoms with Gasteiger partial charge in [0.25, 0.3) is 0 Å². The van der Waals surface area contributed by atoms with E-state index in [4.69, 9.17) is 4.42 Å². The predicted octanol–water partition coefficient (Wildman–Crippen LogP) is 1.13. The molecule has 2 aromatic rings. The van der Waals surface area contributed by atoms with Crippen LogP contribution in [0, 0.1) is 0 Å². The Kier molecular flexibility index (Phi) is 4.45. The minimum atomic E-state index is 0.617. The van der Waals surface area contributed by atoms with E-state index in [1.807, 2.05) is 16.8 Å². The smallest absolute Gasteiger partial charge is 0.137 e. The maximum Gasteiger partial charge on any atom is 0.137 e. The normalized spacial score (nSPS) is 17.6. The molecule has 6 heteroatoms. The third-order valence-corrected chi connectivity index (χ3v) is 3.79. The molecular formula is C14H21N5O. The van der Waals surface area contributed by atoms with Gasteiger partial charge in [-0.2, -0.15) is 5.10 Å². The van der Waals surface area contributed by atoms with Crippen LogP contribution in [0.25, 0.3) is 0 Å². The number of rotatable bonds is 6. The van der Waals surface area contributed by atoms with E-state index in [0.717, 1.165) is 38.5 Å². The monoisotopic (exact) mass is 275 g/mol. The first-order valence-corrected chi connectivity index (χ1v) is 7.21. The molecule has 0 amide bonds. The summed E-state index contributed by atoms with van der Waals surface area (Å²) in [7, 11) is 0. The zero-order valence-electron chi connectivity index (χ0n) is 11.6. The van der Waals surface area contributed by atoms with Crippen molar-refractivity contribution in [2.24, 2.45) is 0 Å². The number of aromatic nitrogens is 3. The zero-order chi connectivity index (χ0) is 13.6. The number of furan rings is 1. The lowest BCUT2D eigenvalue weighted by Gasteiger charge is -2.31. The topological polar surface area (TPSA) is 59.1 Å². The van der Waals surface area contributed by atoms with Gasteiger partial charge in [-0.25, -0.2) is 4.98 Å². The highest BCUT2D eigenvalue weighted by atomic mass is 16.3. The van der Waals surface area contributed by atoms with Crippen LogP contribution < -0.4 is 5.32 Å². The van der Waals surface area contributed by atoms with Crippen LogP contribution in [0.15, 0.2) is 35.5 Å². The van der Waals surface area contributed by atoms with Crippen molar-refractivity contribution in [3.05, 3.63) is 36.8 Å². The fourth-order valence-corrected chi connectivity index (χ4v) is 2.65. The molecule has 1 N–H and O–H groups in total. The number of nitrogens with one attached hydrogen (secondary N) is 1. The van der Waals surface area contributed by atoms with Crippen molar-refractivity contribution in [3.63, 3.8) is 0 Å². The van der Waals surface area contributed by atoms with Crippen molar-refractivity contribution < 1.29 is 4.42 Å². The van der Waals surface area contributed by atoms with Crippen molar-refractivity contribution in [1.29, 1.82) is 0 Å². The molecule has 0 radical (unpaired) electrons. The van der Waals surface area contributed by atoms with Crippen molar-refractivity contribution in [2.75, 3.05) is 19.6 Å². The van der Waals surface area contributed by atoms with Gasteiger partial charge in [-0.05, 0) is 25.0 Å². The second-order valence-corrected chi connectivity index (χ2v) is 5.24. The molecule has 0 aliphatic carbocycles. The number of piperidine rings is 1. The van der Waals surface area contributed by atoms with Gasteiger partial charge in [-0.3, -0.25) is 9.58 Å². The molecule has 3 rings (SSSR count). The highest BCUT2D eigenvalue weighted by Gasteiger charge is 2.19. The van der Waals surface area contributed by atoms with Crippen LogP contribution in [0.2, 0.25) is 0 Å². The molecular weight excluding hydrogens is 254 g/mol. The summed E-state index contributed by atoms with van der Waals surface area (Å²) in [6.45, 7) is 5.01. The molecule has 0 atom stereocenters. The second kappa shape index (κ2) is 6.67. The van der Waals surface area contributed by atoms with E-state index in [9.17, 15) is 0 Å². The molecule has 0 bridgehead atoms. The Morgan fingerprint density at radius 3 is 2.95 bits per heavy atom.